The maximum Gasteiger partial charge on any atom is 0.159 e. The van der Waals surface area contributed by atoms with Crippen molar-refractivity contribution in [2.45, 2.75) is 193 Å². The smallest absolute Gasteiger partial charge is 0.159 e. The highest BCUT2D eigenvalue weighted by molar-refractivity contribution is 4.57. The van der Waals surface area contributed by atoms with E-state index in [0.29, 0.717) is 6.42 Å². The molecule has 0 aromatic heterocycles. The minimum Gasteiger partial charge on any atom is -0.366 e. The Morgan fingerprint density at radius 1 is 0.344 bits per heavy atom. The number of hydrogen-bond donors (Lipinski definition) is 2. The molecule has 0 atom stereocenters. The van der Waals surface area contributed by atoms with E-state index in [4.69, 9.17) is 0 Å². The van der Waals surface area contributed by atoms with Gasteiger partial charge in [-0.1, -0.05) is 167 Å². The van der Waals surface area contributed by atoms with Crippen LogP contribution in [0.1, 0.15) is 187 Å². The molecule has 0 rings (SSSR count). The van der Waals surface area contributed by atoms with Gasteiger partial charge in [0.15, 0.2) is 5.79 Å². The van der Waals surface area contributed by atoms with E-state index in [1.165, 1.54) is 161 Å². The summed E-state index contributed by atoms with van der Waals surface area (Å²) < 4.78 is 0. The third-order valence-electron chi connectivity index (χ3n) is 7.00. The van der Waals surface area contributed by atoms with Crippen molar-refractivity contribution >= 4 is 0 Å². The second-order valence-corrected chi connectivity index (χ2v) is 10.8. The molecule has 2 nitrogen and oxygen atoms in total. The molecule has 32 heavy (non-hydrogen) atoms. The third-order valence-corrected chi connectivity index (χ3v) is 7.00. The van der Waals surface area contributed by atoms with Gasteiger partial charge in [-0.25, -0.2) is 0 Å². The van der Waals surface area contributed by atoms with Crippen LogP contribution in [0.4, 0.5) is 0 Å². The Morgan fingerprint density at radius 3 is 0.719 bits per heavy atom. The summed E-state index contributed by atoms with van der Waals surface area (Å²) in [6, 6.07) is 0. The molecular formula is C30H62O2. The Labute approximate surface area is 203 Å². The molecule has 0 aliphatic carbocycles. The quantitative estimate of drug-likeness (QED) is 0.0956. The summed E-state index contributed by atoms with van der Waals surface area (Å²) in [5.41, 5.74) is 0. The minimum absolute atomic E-state index is 0.506. The normalized spacial score (nSPS) is 12.0. The molecule has 194 valence electrons. The summed E-state index contributed by atoms with van der Waals surface area (Å²) in [4.78, 5) is 0. The van der Waals surface area contributed by atoms with Gasteiger partial charge in [0.2, 0.25) is 0 Å². The van der Waals surface area contributed by atoms with Gasteiger partial charge in [0, 0.05) is 6.42 Å². The summed E-state index contributed by atoms with van der Waals surface area (Å²) in [6.07, 6.45) is 36.9. The van der Waals surface area contributed by atoms with Crippen LogP contribution < -0.4 is 0 Å². The maximum absolute atomic E-state index is 9.26. The van der Waals surface area contributed by atoms with Crippen molar-refractivity contribution in [2.75, 3.05) is 0 Å². The van der Waals surface area contributed by atoms with Crippen molar-refractivity contribution in [3.63, 3.8) is 0 Å². The number of rotatable bonds is 27. The Balaban J connectivity index is 3.02. The van der Waals surface area contributed by atoms with Crippen LogP contribution in [0.5, 0.6) is 0 Å². The second-order valence-electron chi connectivity index (χ2n) is 10.8. The van der Waals surface area contributed by atoms with Crippen LogP contribution in [0.2, 0.25) is 0 Å². The Bertz CT molecular complexity index is 334. The first-order valence-electron chi connectivity index (χ1n) is 15.0. The van der Waals surface area contributed by atoms with E-state index in [9.17, 15) is 10.2 Å². The van der Waals surface area contributed by atoms with Crippen molar-refractivity contribution in [3.05, 3.63) is 0 Å². The second kappa shape index (κ2) is 25.5. The zero-order valence-corrected chi connectivity index (χ0v) is 22.5. The van der Waals surface area contributed by atoms with E-state index >= 15 is 0 Å². The van der Waals surface area contributed by atoms with Crippen molar-refractivity contribution in [2.24, 2.45) is 0 Å². The topological polar surface area (TPSA) is 40.5 Å². The zero-order valence-electron chi connectivity index (χ0n) is 22.5. The van der Waals surface area contributed by atoms with E-state index in [-0.39, 0.29) is 0 Å². The van der Waals surface area contributed by atoms with E-state index in [1.807, 2.05) is 0 Å². The van der Waals surface area contributed by atoms with Crippen molar-refractivity contribution in [1.29, 1.82) is 0 Å². The largest absolute Gasteiger partial charge is 0.366 e. The third kappa shape index (κ3) is 29.9. The molecule has 0 radical (unpaired) electrons. The highest BCUT2D eigenvalue weighted by Crippen LogP contribution is 2.17. The predicted octanol–water partition coefficient (Wildman–Crippen LogP) is 10.2. The first-order chi connectivity index (χ1) is 15.6. The number of hydrogen-bond acceptors (Lipinski definition) is 2. The van der Waals surface area contributed by atoms with Crippen LogP contribution >= 0.6 is 0 Å². The molecule has 0 aromatic carbocycles. The monoisotopic (exact) mass is 454 g/mol. The van der Waals surface area contributed by atoms with E-state index in [1.54, 1.807) is 0 Å². The number of aliphatic hydroxyl groups is 2. The maximum atomic E-state index is 9.26. The van der Waals surface area contributed by atoms with E-state index < -0.39 is 5.79 Å². The molecule has 2 heteroatoms. The van der Waals surface area contributed by atoms with Crippen LogP contribution in [0.25, 0.3) is 0 Å². The predicted molar refractivity (Wildman–Crippen MR) is 143 cm³/mol. The summed E-state index contributed by atoms with van der Waals surface area (Å²) in [7, 11) is 0. The fraction of sp³-hybridized carbons (Fsp3) is 1.00. The van der Waals surface area contributed by atoms with Gasteiger partial charge in [-0.2, -0.15) is 0 Å². The van der Waals surface area contributed by atoms with Gasteiger partial charge >= 0.3 is 0 Å². The fourth-order valence-corrected chi connectivity index (χ4v) is 4.78. The van der Waals surface area contributed by atoms with E-state index in [0.717, 1.165) is 12.8 Å². The molecular weight excluding hydrogens is 392 g/mol. The first kappa shape index (κ1) is 31.9. The SMILES string of the molecule is CCCCCCCCCCCCCCCCCCCCCCCCCCCCC(C)(O)O. The molecule has 0 saturated heterocycles. The Kier molecular flexibility index (Phi) is 25.5. The zero-order chi connectivity index (χ0) is 23.6. The first-order valence-corrected chi connectivity index (χ1v) is 15.0. The summed E-state index contributed by atoms with van der Waals surface area (Å²) in [5.74, 6) is -1.47. The molecule has 0 amide bonds. The molecule has 0 saturated carbocycles. The van der Waals surface area contributed by atoms with Crippen LogP contribution in [0.3, 0.4) is 0 Å². The lowest BCUT2D eigenvalue weighted by Crippen LogP contribution is -2.22. The highest BCUT2D eigenvalue weighted by Gasteiger charge is 2.13. The Hall–Kier alpha value is -0.0800. The lowest BCUT2D eigenvalue weighted by Gasteiger charge is -2.14. The average molecular weight is 455 g/mol. The lowest BCUT2D eigenvalue weighted by molar-refractivity contribution is -0.150. The lowest BCUT2D eigenvalue weighted by atomic mass is 10.0. The number of unbranched alkanes of at least 4 members (excludes halogenated alkanes) is 25. The van der Waals surface area contributed by atoms with Crippen molar-refractivity contribution in [3.8, 4) is 0 Å². The molecule has 0 unspecified atom stereocenters. The molecule has 2 N–H and O–H groups in total. The fourth-order valence-electron chi connectivity index (χ4n) is 4.78. The molecule has 0 aliphatic rings. The van der Waals surface area contributed by atoms with Gasteiger partial charge in [0.25, 0.3) is 0 Å². The molecule has 0 aromatic rings. The standard InChI is InChI=1S/C30H62O2/c1-3-4-5-6-7-8-9-10-11-12-13-14-15-16-17-18-19-20-21-22-23-24-25-26-27-28-29-30(2,31)32/h31-32H,3-29H2,1-2H3. The summed E-state index contributed by atoms with van der Waals surface area (Å²) >= 11 is 0. The molecule has 0 bridgehead atoms. The van der Waals surface area contributed by atoms with Crippen LogP contribution in [-0.2, 0) is 0 Å². The van der Waals surface area contributed by atoms with Crippen LogP contribution in [0, 0.1) is 0 Å². The van der Waals surface area contributed by atoms with Gasteiger partial charge in [-0.05, 0) is 13.3 Å². The van der Waals surface area contributed by atoms with Gasteiger partial charge in [0.05, 0.1) is 0 Å². The van der Waals surface area contributed by atoms with Crippen molar-refractivity contribution < 1.29 is 10.2 Å². The van der Waals surface area contributed by atoms with Gasteiger partial charge < -0.3 is 10.2 Å². The minimum atomic E-state index is -1.47. The van der Waals surface area contributed by atoms with Gasteiger partial charge in [-0.15, -0.1) is 0 Å². The molecule has 0 spiro atoms. The molecule has 0 aliphatic heterocycles. The summed E-state index contributed by atoms with van der Waals surface area (Å²) in [6.45, 7) is 3.78. The van der Waals surface area contributed by atoms with Gasteiger partial charge in [-0.3, -0.25) is 0 Å². The van der Waals surface area contributed by atoms with Gasteiger partial charge in [0.1, 0.15) is 0 Å². The van der Waals surface area contributed by atoms with E-state index in [2.05, 4.69) is 6.92 Å². The van der Waals surface area contributed by atoms with Crippen LogP contribution in [-0.4, -0.2) is 16.0 Å². The average Bonchev–Trinajstić information content (AvgIpc) is 2.75. The Morgan fingerprint density at radius 2 is 0.531 bits per heavy atom. The molecule has 0 fully saturated rings. The highest BCUT2D eigenvalue weighted by atomic mass is 16.5. The molecule has 0 heterocycles. The van der Waals surface area contributed by atoms with Crippen LogP contribution in [0.15, 0.2) is 0 Å². The van der Waals surface area contributed by atoms with Crippen molar-refractivity contribution in [1.82, 2.24) is 0 Å². The summed E-state index contributed by atoms with van der Waals surface area (Å²) in [5, 5.41) is 18.5.